The molecule has 0 unspecified atom stereocenters. The van der Waals surface area contributed by atoms with Crippen molar-refractivity contribution >= 4 is 21.4 Å². The third kappa shape index (κ3) is 4.35. The largest absolute Gasteiger partial charge is 0.484 e. The van der Waals surface area contributed by atoms with Gasteiger partial charge in [-0.05, 0) is 49.2 Å². The zero-order chi connectivity index (χ0) is 17.7. The fraction of sp³-hybridized carbons (Fsp3) is 0.278. The summed E-state index contributed by atoms with van der Waals surface area (Å²) in [5.74, 6) is 0.161. The molecule has 2 rings (SSSR count). The molecule has 0 bridgehead atoms. The summed E-state index contributed by atoms with van der Waals surface area (Å²) < 4.78 is 29.6. The van der Waals surface area contributed by atoms with Crippen molar-refractivity contribution in [3.63, 3.8) is 0 Å². The second kappa shape index (κ2) is 7.49. The van der Waals surface area contributed by atoms with E-state index < -0.39 is 15.7 Å². The highest BCUT2D eigenvalue weighted by Gasteiger charge is 2.17. The van der Waals surface area contributed by atoms with E-state index in [0.29, 0.717) is 5.75 Å². The fourth-order valence-electron chi connectivity index (χ4n) is 2.14. The third-order valence-electron chi connectivity index (χ3n) is 3.72. The fourth-order valence-corrected chi connectivity index (χ4v) is 3.19. The van der Waals surface area contributed by atoms with Crippen molar-refractivity contribution in [2.24, 2.45) is 0 Å². The highest BCUT2D eigenvalue weighted by molar-refractivity contribution is 7.91. The highest BCUT2D eigenvalue weighted by Crippen LogP contribution is 2.22. The maximum absolute atomic E-state index is 12.1. The molecule has 0 atom stereocenters. The van der Waals surface area contributed by atoms with Gasteiger partial charge in [-0.1, -0.05) is 25.1 Å². The molecule has 1 amide bonds. The molecule has 0 aromatic heterocycles. The smallest absolute Gasteiger partial charge is 0.262 e. The Morgan fingerprint density at radius 2 is 1.79 bits per heavy atom. The number of sulfone groups is 1. The van der Waals surface area contributed by atoms with Crippen LogP contribution in [0.15, 0.2) is 47.4 Å². The maximum Gasteiger partial charge on any atom is 0.262 e. The molecule has 128 valence electrons. The summed E-state index contributed by atoms with van der Waals surface area (Å²) in [4.78, 5) is 12.2. The van der Waals surface area contributed by atoms with Gasteiger partial charge in [0.25, 0.3) is 5.91 Å². The number of para-hydroxylation sites is 1. The van der Waals surface area contributed by atoms with Gasteiger partial charge in [0.15, 0.2) is 16.4 Å². The molecule has 2 aromatic carbocycles. The van der Waals surface area contributed by atoms with Gasteiger partial charge in [-0.2, -0.15) is 0 Å². The molecular formula is C18H21NO4S. The number of carbonyl (C=O) groups excluding carboxylic acids is 1. The van der Waals surface area contributed by atoms with E-state index >= 15 is 0 Å². The molecule has 0 fully saturated rings. The van der Waals surface area contributed by atoms with E-state index in [1.54, 1.807) is 31.2 Å². The van der Waals surface area contributed by atoms with Gasteiger partial charge < -0.3 is 10.1 Å². The molecule has 5 nitrogen and oxygen atoms in total. The zero-order valence-electron chi connectivity index (χ0n) is 14.0. The number of benzene rings is 2. The molecule has 0 spiro atoms. The molecule has 24 heavy (non-hydrogen) atoms. The van der Waals surface area contributed by atoms with E-state index in [2.05, 4.69) is 5.32 Å². The van der Waals surface area contributed by atoms with Crippen LogP contribution in [0.25, 0.3) is 0 Å². The van der Waals surface area contributed by atoms with Crippen LogP contribution in [0.5, 0.6) is 5.75 Å². The van der Waals surface area contributed by atoms with Crippen molar-refractivity contribution in [1.82, 2.24) is 0 Å². The molecule has 2 aromatic rings. The Morgan fingerprint density at radius 1 is 1.08 bits per heavy atom. The van der Waals surface area contributed by atoms with Crippen LogP contribution in [0.2, 0.25) is 0 Å². The number of hydrogen-bond donors (Lipinski definition) is 1. The van der Waals surface area contributed by atoms with E-state index in [-0.39, 0.29) is 22.9 Å². The summed E-state index contributed by atoms with van der Waals surface area (Å²) in [6.07, 6.45) is 0. The number of hydrogen-bond acceptors (Lipinski definition) is 4. The number of ether oxygens (including phenoxy) is 1. The van der Waals surface area contributed by atoms with Gasteiger partial charge in [0.05, 0.1) is 16.3 Å². The first-order chi connectivity index (χ1) is 11.3. The summed E-state index contributed by atoms with van der Waals surface area (Å²) in [5.41, 5.74) is 2.49. The first kappa shape index (κ1) is 18.0. The Bertz CT molecular complexity index is 844. The van der Waals surface area contributed by atoms with Gasteiger partial charge in [0, 0.05) is 0 Å². The van der Waals surface area contributed by atoms with E-state index in [9.17, 15) is 13.2 Å². The summed E-state index contributed by atoms with van der Waals surface area (Å²) in [7, 11) is -3.41. The van der Waals surface area contributed by atoms with Crippen LogP contribution in [0.1, 0.15) is 18.1 Å². The van der Waals surface area contributed by atoms with Crippen LogP contribution < -0.4 is 10.1 Å². The molecule has 0 saturated carbocycles. The summed E-state index contributed by atoms with van der Waals surface area (Å²) in [6.45, 7) is 5.34. The number of rotatable bonds is 6. The van der Waals surface area contributed by atoms with Gasteiger partial charge >= 0.3 is 0 Å². The average molecular weight is 347 g/mol. The molecule has 6 heteroatoms. The van der Waals surface area contributed by atoms with Crippen LogP contribution in [0, 0.1) is 13.8 Å². The lowest BCUT2D eigenvalue weighted by Crippen LogP contribution is -2.21. The number of carbonyl (C=O) groups is 1. The third-order valence-corrected chi connectivity index (χ3v) is 5.51. The minimum Gasteiger partial charge on any atom is -0.484 e. The van der Waals surface area contributed by atoms with Gasteiger partial charge in [0.2, 0.25) is 0 Å². The van der Waals surface area contributed by atoms with Crippen molar-refractivity contribution in [2.75, 3.05) is 17.7 Å². The lowest BCUT2D eigenvalue weighted by molar-refractivity contribution is -0.118. The predicted molar refractivity (Wildman–Crippen MR) is 94.2 cm³/mol. The van der Waals surface area contributed by atoms with Crippen LogP contribution in [-0.2, 0) is 14.6 Å². The minimum absolute atomic E-state index is 0.0287. The SMILES string of the molecule is CCS(=O)(=O)c1ccccc1NC(=O)COc1ccc(C)c(C)c1. The van der Waals surface area contributed by atoms with E-state index in [1.807, 2.05) is 26.0 Å². The van der Waals surface area contributed by atoms with Gasteiger partial charge in [-0.3, -0.25) is 4.79 Å². The lowest BCUT2D eigenvalue weighted by atomic mass is 10.1. The second-order valence-corrected chi connectivity index (χ2v) is 7.73. The molecule has 0 heterocycles. The van der Waals surface area contributed by atoms with Gasteiger partial charge in [-0.15, -0.1) is 0 Å². The Hall–Kier alpha value is -2.34. The summed E-state index contributed by atoms with van der Waals surface area (Å²) in [6, 6.07) is 11.9. The van der Waals surface area contributed by atoms with Gasteiger partial charge in [-0.25, -0.2) is 8.42 Å². The second-order valence-electron chi connectivity index (χ2n) is 5.48. The first-order valence-electron chi connectivity index (χ1n) is 7.65. The Labute approximate surface area is 142 Å². The molecule has 0 aliphatic carbocycles. The Balaban J connectivity index is 2.07. The summed E-state index contributed by atoms with van der Waals surface area (Å²) >= 11 is 0. The molecule has 0 aliphatic heterocycles. The lowest BCUT2D eigenvalue weighted by Gasteiger charge is -2.12. The van der Waals surface area contributed by atoms with Crippen molar-refractivity contribution in [3.05, 3.63) is 53.6 Å². The van der Waals surface area contributed by atoms with E-state index in [0.717, 1.165) is 11.1 Å². The van der Waals surface area contributed by atoms with Crippen molar-refractivity contribution in [2.45, 2.75) is 25.7 Å². The van der Waals surface area contributed by atoms with E-state index in [1.165, 1.54) is 6.07 Å². The minimum atomic E-state index is -3.41. The number of aryl methyl sites for hydroxylation is 2. The Morgan fingerprint density at radius 3 is 2.46 bits per heavy atom. The standard InChI is InChI=1S/C18H21NO4S/c1-4-24(21,22)17-8-6-5-7-16(17)19-18(20)12-23-15-10-9-13(2)14(3)11-15/h5-11H,4,12H2,1-3H3,(H,19,20). The number of amides is 1. The molecule has 0 saturated heterocycles. The van der Waals surface area contributed by atoms with Gasteiger partial charge in [0.1, 0.15) is 5.75 Å². The Kier molecular flexibility index (Phi) is 5.62. The monoisotopic (exact) mass is 347 g/mol. The molecule has 0 aliphatic rings. The van der Waals surface area contributed by atoms with E-state index in [4.69, 9.17) is 4.74 Å². The van der Waals surface area contributed by atoms with Crippen molar-refractivity contribution < 1.29 is 17.9 Å². The number of anilines is 1. The molecule has 1 N–H and O–H groups in total. The van der Waals surface area contributed by atoms with Crippen LogP contribution in [-0.4, -0.2) is 26.7 Å². The first-order valence-corrected chi connectivity index (χ1v) is 9.30. The average Bonchev–Trinajstić information content (AvgIpc) is 2.56. The van der Waals surface area contributed by atoms with Crippen LogP contribution >= 0.6 is 0 Å². The normalized spacial score (nSPS) is 11.1. The number of nitrogens with one attached hydrogen (secondary N) is 1. The van der Waals surface area contributed by atoms with Crippen molar-refractivity contribution in [1.29, 1.82) is 0 Å². The topological polar surface area (TPSA) is 72.5 Å². The van der Waals surface area contributed by atoms with Crippen molar-refractivity contribution in [3.8, 4) is 5.75 Å². The maximum atomic E-state index is 12.1. The predicted octanol–water partition coefficient (Wildman–Crippen LogP) is 3.11. The molecule has 0 radical (unpaired) electrons. The highest BCUT2D eigenvalue weighted by atomic mass is 32.2. The van der Waals surface area contributed by atoms with Crippen LogP contribution in [0.4, 0.5) is 5.69 Å². The zero-order valence-corrected chi connectivity index (χ0v) is 14.8. The van der Waals surface area contributed by atoms with Crippen LogP contribution in [0.3, 0.4) is 0 Å². The molecular weight excluding hydrogens is 326 g/mol. The summed E-state index contributed by atoms with van der Waals surface area (Å²) in [5, 5.41) is 2.60. The quantitative estimate of drug-likeness (QED) is 0.871.